The number of benzene rings is 2. The van der Waals surface area contributed by atoms with Crippen LogP contribution in [0.5, 0.6) is 28.7 Å². The van der Waals surface area contributed by atoms with Crippen molar-refractivity contribution < 1.29 is 46.8 Å². The van der Waals surface area contributed by atoms with Gasteiger partial charge in [-0.25, -0.2) is 18.3 Å². The molecule has 0 spiro atoms. The Kier molecular flexibility index (Phi) is 10.7. The lowest BCUT2D eigenvalue weighted by atomic mass is 10.0. The van der Waals surface area contributed by atoms with Crippen LogP contribution in [-0.4, -0.2) is 79.1 Å². The molecule has 1 aliphatic heterocycles. The normalized spacial score (nSPS) is 16.8. The van der Waals surface area contributed by atoms with Crippen LogP contribution in [0.15, 0.2) is 29.2 Å². The van der Waals surface area contributed by atoms with Crippen LogP contribution in [0.1, 0.15) is 49.5 Å². The fourth-order valence-electron chi connectivity index (χ4n) is 4.36. The molecule has 1 saturated heterocycles. The second-order valence-electron chi connectivity index (χ2n) is 9.22. The number of nitrogens with zero attached hydrogens (tertiary/aromatic N) is 1. The number of carbonyl (C=O) groups excluding carboxylic acids is 1. The Morgan fingerprint density at radius 3 is 2.02 bits per heavy atom. The van der Waals surface area contributed by atoms with Gasteiger partial charge in [0.1, 0.15) is 11.5 Å². The quantitative estimate of drug-likeness (QED) is 0.203. The van der Waals surface area contributed by atoms with E-state index in [-0.39, 0.29) is 42.3 Å². The van der Waals surface area contributed by atoms with Crippen molar-refractivity contribution in [2.24, 2.45) is 0 Å². The minimum Gasteiger partial charge on any atom is -0.493 e. The minimum absolute atomic E-state index is 0.00702. The number of methoxy groups -OCH3 is 3. The number of amides is 2. The average Bonchev–Trinajstić information content (AvgIpc) is 3.43. The van der Waals surface area contributed by atoms with Crippen molar-refractivity contribution in [2.45, 2.75) is 43.3 Å². The first-order valence-electron chi connectivity index (χ1n) is 12.8. The third-order valence-corrected chi connectivity index (χ3v) is 7.38. The van der Waals surface area contributed by atoms with Gasteiger partial charge in [-0.15, -0.1) is 0 Å². The minimum atomic E-state index is -3.70. The highest BCUT2D eigenvalue weighted by Crippen LogP contribution is 2.48. The van der Waals surface area contributed by atoms with E-state index in [2.05, 4.69) is 5.32 Å². The van der Waals surface area contributed by atoms with E-state index in [0.717, 1.165) is 11.8 Å². The van der Waals surface area contributed by atoms with E-state index < -0.39 is 22.0 Å². The van der Waals surface area contributed by atoms with Gasteiger partial charge in [0.2, 0.25) is 5.75 Å². The predicted octanol–water partition coefficient (Wildman–Crippen LogP) is 3.91. The van der Waals surface area contributed by atoms with Crippen LogP contribution in [0.3, 0.4) is 0 Å². The number of hydrogen-bond acceptors (Lipinski definition) is 10. The van der Waals surface area contributed by atoms with E-state index in [9.17, 15) is 18.4 Å². The summed E-state index contributed by atoms with van der Waals surface area (Å²) in [6, 6.07) is 6.25. The maximum atomic E-state index is 12.8. The Morgan fingerprint density at radius 1 is 0.950 bits per heavy atom. The van der Waals surface area contributed by atoms with Crippen LogP contribution in [0.2, 0.25) is 0 Å². The number of sulfone groups is 1. The van der Waals surface area contributed by atoms with Gasteiger partial charge in [-0.05, 0) is 54.7 Å². The molecule has 12 nitrogen and oxygen atoms in total. The van der Waals surface area contributed by atoms with E-state index in [0.29, 0.717) is 47.1 Å². The number of carbonyl (C=O) groups is 1. The van der Waals surface area contributed by atoms with Crippen LogP contribution in [0.25, 0.3) is 0 Å². The van der Waals surface area contributed by atoms with Gasteiger partial charge < -0.3 is 33.7 Å². The average molecular weight is 583 g/mol. The zero-order valence-electron chi connectivity index (χ0n) is 23.7. The summed E-state index contributed by atoms with van der Waals surface area (Å²) in [6.07, 6.45) is 2.34. The largest absolute Gasteiger partial charge is 0.493 e. The van der Waals surface area contributed by atoms with Crippen molar-refractivity contribution in [3.8, 4) is 28.7 Å². The van der Waals surface area contributed by atoms with Gasteiger partial charge in [0.25, 0.3) is 0 Å². The summed E-state index contributed by atoms with van der Waals surface area (Å²) in [4.78, 5) is 11.6. The van der Waals surface area contributed by atoms with Crippen molar-refractivity contribution >= 4 is 15.9 Å². The molecule has 40 heavy (non-hydrogen) atoms. The van der Waals surface area contributed by atoms with Crippen LogP contribution in [0.4, 0.5) is 4.79 Å². The zero-order chi connectivity index (χ0) is 29.4. The van der Waals surface area contributed by atoms with Gasteiger partial charge in [-0.1, -0.05) is 6.92 Å². The van der Waals surface area contributed by atoms with Crippen molar-refractivity contribution in [2.75, 3.05) is 54.4 Å². The molecule has 2 aromatic rings. The molecule has 2 aromatic carbocycles. The lowest BCUT2D eigenvalue weighted by Crippen LogP contribution is -2.37. The fraction of sp³-hybridized carbons (Fsp3) is 0.519. The van der Waals surface area contributed by atoms with Gasteiger partial charge >= 0.3 is 6.03 Å². The standard InChI is InChI=1S/C27H38N2O10S/c1-7-11-38-26-23(37-12-10-28-27(30)29(2)31)15-18(16-24(26)40(6,32)33)20-9-8-19(39-20)17-13-21(34-3)25(36-5)22(14-17)35-4/h13-16,19-20,31H,7-12H2,1-6H3,(H,28,30)/t19-,20-/m1/s1. The summed E-state index contributed by atoms with van der Waals surface area (Å²) < 4.78 is 60.1. The summed E-state index contributed by atoms with van der Waals surface area (Å²) >= 11 is 0. The Morgan fingerprint density at radius 2 is 1.52 bits per heavy atom. The van der Waals surface area contributed by atoms with Gasteiger partial charge in [0.15, 0.2) is 32.8 Å². The van der Waals surface area contributed by atoms with Crippen LogP contribution in [0, 0.1) is 0 Å². The topological polar surface area (TPSA) is 142 Å². The Bertz CT molecular complexity index is 1260. The summed E-state index contributed by atoms with van der Waals surface area (Å²) in [5.41, 5.74) is 1.46. The third kappa shape index (κ3) is 7.40. The third-order valence-electron chi connectivity index (χ3n) is 6.27. The first kappa shape index (κ1) is 31.1. The smallest absolute Gasteiger partial charge is 0.340 e. The molecule has 2 atom stereocenters. The molecule has 2 N–H and O–H groups in total. The van der Waals surface area contributed by atoms with Gasteiger partial charge in [0, 0.05) is 13.3 Å². The Balaban J connectivity index is 1.93. The van der Waals surface area contributed by atoms with Gasteiger partial charge in [0.05, 0.1) is 46.7 Å². The van der Waals surface area contributed by atoms with Crippen molar-refractivity contribution in [3.05, 3.63) is 35.4 Å². The Labute approximate surface area is 234 Å². The predicted molar refractivity (Wildman–Crippen MR) is 146 cm³/mol. The lowest BCUT2D eigenvalue weighted by Gasteiger charge is -2.21. The van der Waals surface area contributed by atoms with Gasteiger partial charge in [-0.3, -0.25) is 5.21 Å². The number of rotatable bonds is 13. The maximum Gasteiger partial charge on any atom is 0.340 e. The molecule has 0 radical (unpaired) electrons. The SMILES string of the molecule is CCCOc1c(OCCNC(=O)N(C)O)cc([C@H]2CC[C@H](c3cc(OC)c(OC)c(OC)c3)O2)cc1S(C)(=O)=O. The Hall–Kier alpha value is -3.42. The highest BCUT2D eigenvalue weighted by atomic mass is 32.2. The molecule has 0 bridgehead atoms. The summed E-state index contributed by atoms with van der Waals surface area (Å²) in [7, 11) is 2.12. The molecule has 222 valence electrons. The van der Waals surface area contributed by atoms with Crippen LogP contribution < -0.4 is 29.0 Å². The summed E-state index contributed by atoms with van der Waals surface area (Å²) in [5, 5.41) is 12.1. The number of hydrogen-bond donors (Lipinski definition) is 2. The highest BCUT2D eigenvalue weighted by Gasteiger charge is 2.32. The summed E-state index contributed by atoms with van der Waals surface area (Å²) in [6.45, 7) is 2.27. The van der Waals surface area contributed by atoms with E-state index in [1.165, 1.54) is 14.2 Å². The monoisotopic (exact) mass is 582 g/mol. The van der Waals surface area contributed by atoms with E-state index in [1.54, 1.807) is 26.4 Å². The molecule has 0 aliphatic carbocycles. The molecule has 13 heteroatoms. The van der Waals surface area contributed by atoms with Crippen molar-refractivity contribution in [3.63, 3.8) is 0 Å². The number of ether oxygens (including phenoxy) is 6. The van der Waals surface area contributed by atoms with E-state index >= 15 is 0 Å². The summed E-state index contributed by atoms with van der Waals surface area (Å²) in [5.74, 6) is 1.83. The second kappa shape index (κ2) is 13.8. The lowest BCUT2D eigenvalue weighted by molar-refractivity contribution is -0.0184. The molecule has 0 unspecified atom stereocenters. The first-order valence-corrected chi connectivity index (χ1v) is 14.7. The van der Waals surface area contributed by atoms with E-state index in [4.69, 9.17) is 28.4 Å². The molecular formula is C27H38N2O10S. The van der Waals surface area contributed by atoms with Crippen molar-refractivity contribution in [1.29, 1.82) is 0 Å². The van der Waals surface area contributed by atoms with Crippen molar-refractivity contribution in [1.82, 2.24) is 10.4 Å². The highest BCUT2D eigenvalue weighted by molar-refractivity contribution is 7.90. The zero-order valence-corrected chi connectivity index (χ0v) is 24.5. The molecule has 1 heterocycles. The maximum absolute atomic E-state index is 12.8. The van der Waals surface area contributed by atoms with Gasteiger partial charge in [-0.2, -0.15) is 0 Å². The molecule has 0 aromatic heterocycles. The number of hydroxylamine groups is 2. The number of urea groups is 1. The van der Waals surface area contributed by atoms with Crippen LogP contribution in [-0.2, 0) is 14.6 Å². The number of nitrogens with one attached hydrogen (secondary N) is 1. The second-order valence-corrected chi connectivity index (χ2v) is 11.2. The molecule has 1 aliphatic rings. The molecular weight excluding hydrogens is 544 g/mol. The molecule has 0 saturated carbocycles. The van der Waals surface area contributed by atoms with Crippen LogP contribution >= 0.6 is 0 Å². The van der Waals surface area contributed by atoms with E-state index in [1.807, 2.05) is 19.1 Å². The molecule has 3 rings (SSSR count). The first-order chi connectivity index (χ1) is 19.0. The molecule has 2 amide bonds. The fourth-order valence-corrected chi connectivity index (χ4v) is 5.21. The molecule has 1 fully saturated rings.